The fourth-order valence-corrected chi connectivity index (χ4v) is 2.74. The van der Waals surface area contributed by atoms with E-state index >= 15 is 0 Å². The zero-order valence-corrected chi connectivity index (χ0v) is 11.6. The van der Waals surface area contributed by atoms with E-state index in [1.165, 1.54) is 23.9 Å². The highest BCUT2D eigenvalue weighted by molar-refractivity contribution is 8.00. The molecular weight excluding hydrogens is 272 g/mol. The van der Waals surface area contributed by atoms with Crippen LogP contribution in [0, 0.1) is 0 Å². The predicted molar refractivity (Wildman–Crippen MR) is 72.4 cm³/mol. The molecule has 0 radical (unpaired) electrons. The summed E-state index contributed by atoms with van der Waals surface area (Å²) in [5.41, 5.74) is 6.23. The number of halogens is 2. The lowest BCUT2D eigenvalue weighted by atomic mass is 10.1. The van der Waals surface area contributed by atoms with Crippen molar-refractivity contribution in [3.8, 4) is 5.75 Å². The molecule has 2 N–H and O–H groups in total. The summed E-state index contributed by atoms with van der Waals surface area (Å²) >= 11 is 1.46. The highest BCUT2D eigenvalue weighted by atomic mass is 32.2. The summed E-state index contributed by atoms with van der Waals surface area (Å²) in [6, 6.07) is 6.40. The number of hydrogen-bond acceptors (Lipinski definition) is 3. The number of rotatable bonds is 7. The van der Waals surface area contributed by atoms with Crippen molar-refractivity contribution in [3.63, 3.8) is 0 Å². The minimum absolute atomic E-state index is 0.0537. The number of ether oxygens (including phenoxy) is 1. The minimum Gasteiger partial charge on any atom is -0.435 e. The molecular formula is C13H17F2NO2S. The number of nitrogens with two attached hydrogens (primary N) is 1. The first-order valence-electron chi connectivity index (χ1n) is 5.93. The van der Waals surface area contributed by atoms with Crippen LogP contribution in [0.3, 0.4) is 0 Å². The van der Waals surface area contributed by atoms with Gasteiger partial charge in [0, 0.05) is 5.25 Å². The molecule has 0 spiro atoms. The Morgan fingerprint density at radius 2 is 1.95 bits per heavy atom. The van der Waals surface area contributed by atoms with Gasteiger partial charge >= 0.3 is 6.61 Å². The van der Waals surface area contributed by atoms with Crippen LogP contribution >= 0.6 is 11.8 Å². The molecule has 0 aliphatic heterocycles. The van der Waals surface area contributed by atoms with Crippen molar-refractivity contribution in [2.45, 2.75) is 37.4 Å². The molecule has 1 aromatic rings. The Kier molecular flexibility index (Phi) is 6.08. The molecule has 1 amide bonds. The maximum absolute atomic E-state index is 12.0. The minimum atomic E-state index is -2.82. The van der Waals surface area contributed by atoms with Crippen LogP contribution in [0.2, 0.25) is 0 Å². The number of thioether (sulfide) groups is 1. The topological polar surface area (TPSA) is 52.3 Å². The summed E-state index contributed by atoms with van der Waals surface area (Å²) in [5, 5.41) is -0.190. The Morgan fingerprint density at radius 1 is 1.37 bits per heavy atom. The first-order chi connectivity index (χ1) is 8.93. The van der Waals surface area contributed by atoms with Crippen LogP contribution in [0.5, 0.6) is 5.75 Å². The SMILES string of the molecule is CC[C@@H](S[C@@H](C)c1ccc(OC(F)F)cc1)C(N)=O. The van der Waals surface area contributed by atoms with Gasteiger partial charge in [-0.25, -0.2) is 0 Å². The average molecular weight is 289 g/mol. The van der Waals surface area contributed by atoms with Gasteiger partial charge in [-0.1, -0.05) is 19.1 Å². The average Bonchev–Trinajstić information content (AvgIpc) is 2.35. The van der Waals surface area contributed by atoms with Crippen LogP contribution in [0.15, 0.2) is 24.3 Å². The van der Waals surface area contributed by atoms with E-state index in [-0.39, 0.29) is 22.2 Å². The lowest BCUT2D eigenvalue weighted by Gasteiger charge is -2.17. The quantitative estimate of drug-likeness (QED) is 0.837. The number of alkyl halides is 2. The lowest BCUT2D eigenvalue weighted by Crippen LogP contribution is -2.25. The third kappa shape index (κ3) is 5.06. The molecule has 2 atom stereocenters. The molecule has 0 saturated carbocycles. The van der Waals surface area contributed by atoms with E-state index < -0.39 is 6.61 Å². The number of hydrogen-bond donors (Lipinski definition) is 1. The fraction of sp³-hybridized carbons (Fsp3) is 0.462. The lowest BCUT2D eigenvalue weighted by molar-refractivity contribution is -0.117. The Bertz CT molecular complexity index is 412. The van der Waals surface area contributed by atoms with Crippen LogP contribution in [-0.4, -0.2) is 17.8 Å². The van der Waals surface area contributed by atoms with Crippen LogP contribution in [0.25, 0.3) is 0 Å². The van der Waals surface area contributed by atoms with Crippen molar-refractivity contribution < 1.29 is 18.3 Å². The molecule has 0 aromatic heterocycles. The van der Waals surface area contributed by atoms with Gasteiger partial charge in [0.2, 0.25) is 5.91 Å². The zero-order chi connectivity index (χ0) is 14.4. The van der Waals surface area contributed by atoms with E-state index in [0.717, 1.165) is 5.56 Å². The van der Waals surface area contributed by atoms with Gasteiger partial charge in [0.15, 0.2) is 0 Å². The summed E-state index contributed by atoms with van der Waals surface area (Å²) in [5.74, 6) is -0.213. The van der Waals surface area contributed by atoms with Crippen molar-refractivity contribution in [2.75, 3.05) is 0 Å². The first-order valence-corrected chi connectivity index (χ1v) is 6.87. The van der Waals surface area contributed by atoms with Gasteiger partial charge in [-0.2, -0.15) is 8.78 Å². The third-order valence-electron chi connectivity index (χ3n) is 2.63. The van der Waals surface area contributed by atoms with Gasteiger partial charge in [-0.05, 0) is 31.0 Å². The smallest absolute Gasteiger partial charge is 0.387 e. The van der Waals surface area contributed by atoms with Crippen molar-refractivity contribution >= 4 is 17.7 Å². The highest BCUT2D eigenvalue weighted by Gasteiger charge is 2.18. The second-order valence-electron chi connectivity index (χ2n) is 4.03. The molecule has 1 rings (SSSR count). The maximum atomic E-state index is 12.0. The van der Waals surface area contributed by atoms with Crippen LogP contribution in [0.4, 0.5) is 8.78 Å². The van der Waals surface area contributed by atoms with Crippen LogP contribution in [-0.2, 0) is 4.79 Å². The first kappa shape index (κ1) is 15.8. The number of amides is 1. The molecule has 19 heavy (non-hydrogen) atoms. The van der Waals surface area contributed by atoms with Gasteiger partial charge in [0.25, 0.3) is 0 Å². The van der Waals surface area contributed by atoms with Gasteiger partial charge in [0.1, 0.15) is 5.75 Å². The number of carbonyl (C=O) groups is 1. The van der Waals surface area contributed by atoms with E-state index in [1.54, 1.807) is 12.1 Å². The van der Waals surface area contributed by atoms with Gasteiger partial charge in [0.05, 0.1) is 5.25 Å². The van der Waals surface area contributed by atoms with Crippen molar-refractivity contribution in [2.24, 2.45) is 5.73 Å². The molecule has 0 heterocycles. The number of primary amides is 1. The van der Waals surface area contributed by atoms with Crippen LogP contribution < -0.4 is 10.5 Å². The second-order valence-corrected chi connectivity index (χ2v) is 5.57. The maximum Gasteiger partial charge on any atom is 0.387 e. The molecule has 0 aliphatic carbocycles. The Hall–Kier alpha value is -1.30. The molecule has 6 heteroatoms. The largest absolute Gasteiger partial charge is 0.435 e. The second kappa shape index (κ2) is 7.33. The molecule has 106 valence electrons. The van der Waals surface area contributed by atoms with Gasteiger partial charge < -0.3 is 10.5 Å². The van der Waals surface area contributed by atoms with Crippen molar-refractivity contribution in [1.29, 1.82) is 0 Å². The zero-order valence-electron chi connectivity index (χ0n) is 10.8. The summed E-state index contributed by atoms with van der Waals surface area (Å²) in [4.78, 5) is 11.2. The van der Waals surface area contributed by atoms with Gasteiger partial charge in [-0.15, -0.1) is 11.8 Å². The molecule has 0 unspecified atom stereocenters. The molecule has 0 bridgehead atoms. The molecule has 0 saturated heterocycles. The molecule has 1 aromatic carbocycles. The van der Waals surface area contributed by atoms with E-state index in [2.05, 4.69) is 4.74 Å². The number of carbonyl (C=O) groups excluding carboxylic acids is 1. The summed E-state index contributed by atoms with van der Waals surface area (Å²) in [6.07, 6.45) is 0.664. The van der Waals surface area contributed by atoms with E-state index in [4.69, 9.17) is 5.73 Å². The van der Waals surface area contributed by atoms with Crippen LogP contribution in [0.1, 0.15) is 31.1 Å². The molecule has 0 fully saturated rings. The summed E-state index contributed by atoms with van der Waals surface area (Å²) in [6.45, 7) is 1.02. The van der Waals surface area contributed by atoms with E-state index in [0.29, 0.717) is 6.42 Å². The monoisotopic (exact) mass is 289 g/mol. The Morgan fingerprint density at radius 3 is 2.37 bits per heavy atom. The fourth-order valence-electron chi connectivity index (χ4n) is 1.61. The molecule has 0 aliphatic rings. The third-order valence-corrected chi connectivity index (χ3v) is 4.21. The predicted octanol–water partition coefficient (Wildman–Crippen LogP) is 3.35. The standard InChI is InChI=1S/C13H17F2NO2S/c1-3-11(12(16)17)19-8(2)9-4-6-10(7-5-9)18-13(14)15/h4-8,11,13H,3H2,1-2H3,(H2,16,17)/t8-,11+/m0/s1. The summed E-state index contributed by atoms with van der Waals surface area (Å²) < 4.78 is 28.3. The Labute approximate surface area is 115 Å². The van der Waals surface area contributed by atoms with E-state index in [9.17, 15) is 13.6 Å². The molecule has 3 nitrogen and oxygen atoms in total. The van der Waals surface area contributed by atoms with Gasteiger partial charge in [-0.3, -0.25) is 4.79 Å². The number of benzene rings is 1. The Balaban J connectivity index is 2.67. The normalized spacial score (nSPS) is 14.2. The summed E-state index contributed by atoms with van der Waals surface area (Å²) in [7, 11) is 0. The van der Waals surface area contributed by atoms with Crippen molar-refractivity contribution in [3.05, 3.63) is 29.8 Å². The van der Waals surface area contributed by atoms with Crippen molar-refractivity contribution in [1.82, 2.24) is 0 Å². The van der Waals surface area contributed by atoms with E-state index in [1.807, 2.05) is 13.8 Å². The highest BCUT2D eigenvalue weighted by Crippen LogP contribution is 2.33.